The first-order valence-corrected chi connectivity index (χ1v) is 9.56. The Labute approximate surface area is 160 Å². The number of aromatic nitrogens is 1. The molecule has 144 valence electrons. The van der Waals surface area contributed by atoms with Crippen LogP contribution in [0.15, 0.2) is 23.3 Å². The second-order valence-electron chi connectivity index (χ2n) is 6.19. The highest BCUT2D eigenvalue weighted by Gasteiger charge is 2.32. The largest absolute Gasteiger partial charge is 0.450 e. The molecule has 1 aliphatic rings. The molecule has 1 aliphatic carbocycles. The lowest BCUT2D eigenvalue weighted by Crippen LogP contribution is -2.42. The number of rotatable bonds is 9. The fourth-order valence-corrected chi connectivity index (χ4v) is 2.66. The second kappa shape index (κ2) is 10.9. The van der Waals surface area contributed by atoms with E-state index in [0.29, 0.717) is 24.2 Å². The SMILES string of the molecule is CCNC(=NCC(NC(=O)OCC)C1CC1)NCCc1ccc(Cl)nc1. The van der Waals surface area contributed by atoms with E-state index in [0.717, 1.165) is 43.9 Å². The van der Waals surface area contributed by atoms with Crippen molar-refractivity contribution in [2.45, 2.75) is 39.2 Å². The summed E-state index contributed by atoms with van der Waals surface area (Å²) in [5, 5.41) is 9.96. The van der Waals surface area contributed by atoms with Crippen LogP contribution < -0.4 is 16.0 Å². The van der Waals surface area contributed by atoms with Crippen molar-refractivity contribution in [3.63, 3.8) is 0 Å². The van der Waals surface area contributed by atoms with Gasteiger partial charge in [-0.05, 0) is 50.7 Å². The second-order valence-corrected chi connectivity index (χ2v) is 6.58. The highest BCUT2D eigenvalue weighted by atomic mass is 35.5. The van der Waals surface area contributed by atoms with Gasteiger partial charge in [0.05, 0.1) is 19.2 Å². The Hall–Kier alpha value is -2.02. The molecule has 0 aliphatic heterocycles. The number of alkyl carbamates (subject to hydrolysis) is 1. The van der Waals surface area contributed by atoms with Gasteiger partial charge in [-0.2, -0.15) is 0 Å². The van der Waals surface area contributed by atoms with Crippen LogP contribution in [0.25, 0.3) is 0 Å². The number of nitrogens with one attached hydrogen (secondary N) is 3. The molecule has 1 saturated carbocycles. The van der Waals surface area contributed by atoms with Crippen LogP contribution in [0, 0.1) is 5.92 Å². The number of carbonyl (C=O) groups is 1. The summed E-state index contributed by atoms with van der Waals surface area (Å²) in [6.07, 6.45) is 4.48. The van der Waals surface area contributed by atoms with Gasteiger partial charge in [-0.15, -0.1) is 0 Å². The summed E-state index contributed by atoms with van der Waals surface area (Å²) in [5.74, 6) is 1.23. The molecule has 1 atom stereocenters. The Bertz CT molecular complexity index is 590. The van der Waals surface area contributed by atoms with E-state index < -0.39 is 0 Å². The van der Waals surface area contributed by atoms with Crippen molar-refractivity contribution in [2.24, 2.45) is 10.9 Å². The maximum Gasteiger partial charge on any atom is 0.407 e. The molecule has 7 nitrogen and oxygen atoms in total. The molecule has 0 radical (unpaired) electrons. The van der Waals surface area contributed by atoms with Crippen LogP contribution >= 0.6 is 11.6 Å². The molecule has 0 bridgehead atoms. The number of hydrogen-bond acceptors (Lipinski definition) is 4. The lowest BCUT2D eigenvalue weighted by atomic mass is 10.2. The van der Waals surface area contributed by atoms with Gasteiger partial charge in [-0.3, -0.25) is 4.99 Å². The van der Waals surface area contributed by atoms with Crippen molar-refractivity contribution in [2.75, 3.05) is 26.2 Å². The third kappa shape index (κ3) is 7.47. The zero-order valence-electron chi connectivity index (χ0n) is 15.4. The minimum Gasteiger partial charge on any atom is -0.450 e. The Morgan fingerprint density at radius 2 is 2.19 bits per heavy atom. The van der Waals surface area contributed by atoms with Crippen molar-refractivity contribution in [1.29, 1.82) is 0 Å². The summed E-state index contributed by atoms with van der Waals surface area (Å²) in [6.45, 7) is 6.22. The van der Waals surface area contributed by atoms with Crippen LogP contribution in [0.4, 0.5) is 4.79 Å². The fourth-order valence-electron chi connectivity index (χ4n) is 2.55. The van der Waals surface area contributed by atoms with E-state index in [9.17, 15) is 4.79 Å². The minimum absolute atomic E-state index is 0.0185. The number of carbonyl (C=O) groups excluding carboxylic acids is 1. The van der Waals surface area contributed by atoms with E-state index >= 15 is 0 Å². The number of hydrogen-bond donors (Lipinski definition) is 3. The number of nitrogens with zero attached hydrogens (tertiary/aromatic N) is 2. The van der Waals surface area contributed by atoms with Gasteiger partial charge >= 0.3 is 6.09 Å². The highest BCUT2D eigenvalue weighted by molar-refractivity contribution is 6.29. The summed E-state index contributed by atoms with van der Waals surface area (Å²) >= 11 is 5.80. The number of ether oxygens (including phenoxy) is 1. The Balaban J connectivity index is 1.83. The first-order valence-electron chi connectivity index (χ1n) is 9.18. The van der Waals surface area contributed by atoms with Crippen molar-refractivity contribution in [3.05, 3.63) is 29.0 Å². The molecule has 0 saturated heterocycles. The summed E-state index contributed by atoms with van der Waals surface area (Å²) in [4.78, 5) is 20.4. The quantitative estimate of drug-likeness (QED) is 0.347. The molecule has 2 rings (SSSR count). The van der Waals surface area contributed by atoms with Gasteiger partial charge in [-0.25, -0.2) is 9.78 Å². The molecule has 1 fully saturated rings. The average Bonchev–Trinajstić information content (AvgIpc) is 3.45. The monoisotopic (exact) mass is 381 g/mol. The van der Waals surface area contributed by atoms with E-state index in [1.807, 2.05) is 13.0 Å². The van der Waals surface area contributed by atoms with E-state index in [4.69, 9.17) is 16.3 Å². The molecule has 1 aromatic rings. The topological polar surface area (TPSA) is 87.6 Å². The van der Waals surface area contributed by atoms with E-state index in [1.165, 1.54) is 0 Å². The summed E-state index contributed by atoms with van der Waals surface area (Å²) in [6, 6.07) is 3.77. The zero-order chi connectivity index (χ0) is 18.8. The van der Waals surface area contributed by atoms with E-state index in [2.05, 4.69) is 25.9 Å². The molecule has 0 aromatic carbocycles. The third-order valence-electron chi connectivity index (χ3n) is 4.05. The van der Waals surface area contributed by atoms with Gasteiger partial charge in [0.1, 0.15) is 5.15 Å². The van der Waals surface area contributed by atoms with Crippen LogP contribution in [-0.2, 0) is 11.2 Å². The first kappa shape index (κ1) is 20.3. The van der Waals surface area contributed by atoms with Crippen molar-refractivity contribution < 1.29 is 9.53 Å². The molecule has 0 spiro atoms. The number of halogens is 1. The van der Waals surface area contributed by atoms with Gasteiger partial charge in [0, 0.05) is 19.3 Å². The number of pyridine rings is 1. The molecule has 1 unspecified atom stereocenters. The van der Waals surface area contributed by atoms with Gasteiger partial charge in [0.2, 0.25) is 0 Å². The summed E-state index contributed by atoms with van der Waals surface area (Å²) in [7, 11) is 0. The highest BCUT2D eigenvalue weighted by Crippen LogP contribution is 2.32. The molecule has 26 heavy (non-hydrogen) atoms. The standard InChI is InChI=1S/C18H28ClN5O2/c1-3-20-17(21-10-9-13-5-8-16(19)22-11-13)23-12-15(14-6-7-14)24-18(25)26-4-2/h5,8,11,14-15H,3-4,6-7,9-10,12H2,1-2H3,(H,24,25)(H2,20,21,23). The lowest BCUT2D eigenvalue weighted by molar-refractivity contribution is 0.147. The summed E-state index contributed by atoms with van der Waals surface area (Å²) in [5.41, 5.74) is 1.11. The average molecular weight is 382 g/mol. The van der Waals surface area contributed by atoms with Crippen molar-refractivity contribution >= 4 is 23.7 Å². The third-order valence-corrected chi connectivity index (χ3v) is 4.28. The predicted octanol–water partition coefficient (Wildman–Crippen LogP) is 2.36. The lowest BCUT2D eigenvalue weighted by Gasteiger charge is -2.17. The smallest absolute Gasteiger partial charge is 0.407 e. The van der Waals surface area contributed by atoms with Gasteiger partial charge in [-0.1, -0.05) is 17.7 Å². The van der Waals surface area contributed by atoms with Crippen LogP contribution in [0.1, 0.15) is 32.3 Å². The van der Waals surface area contributed by atoms with Crippen LogP contribution in [0.3, 0.4) is 0 Å². The molecular weight excluding hydrogens is 354 g/mol. The van der Waals surface area contributed by atoms with Crippen LogP contribution in [0.2, 0.25) is 5.15 Å². The van der Waals surface area contributed by atoms with Gasteiger partial charge < -0.3 is 20.7 Å². The number of aliphatic imine (C=N–C) groups is 1. The van der Waals surface area contributed by atoms with Crippen LogP contribution in [-0.4, -0.2) is 49.3 Å². The van der Waals surface area contributed by atoms with E-state index in [-0.39, 0.29) is 12.1 Å². The molecule has 1 aromatic heterocycles. The van der Waals surface area contributed by atoms with Crippen LogP contribution in [0.5, 0.6) is 0 Å². The maximum absolute atomic E-state index is 11.7. The minimum atomic E-state index is -0.368. The van der Waals surface area contributed by atoms with Gasteiger partial charge in [0.15, 0.2) is 5.96 Å². The summed E-state index contributed by atoms with van der Waals surface area (Å²) < 4.78 is 4.98. The molecule has 1 amide bonds. The zero-order valence-corrected chi connectivity index (χ0v) is 16.2. The van der Waals surface area contributed by atoms with Gasteiger partial charge in [0.25, 0.3) is 0 Å². The predicted molar refractivity (Wildman–Crippen MR) is 104 cm³/mol. The first-order chi connectivity index (χ1) is 12.6. The molecule has 3 N–H and O–H groups in total. The number of guanidine groups is 1. The van der Waals surface area contributed by atoms with Crippen molar-refractivity contribution in [1.82, 2.24) is 20.9 Å². The normalized spacial score (nSPS) is 15.3. The Morgan fingerprint density at radius 3 is 2.81 bits per heavy atom. The molecule has 1 heterocycles. The Morgan fingerprint density at radius 1 is 1.38 bits per heavy atom. The van der Waals surface area contributed by atoms with E-state index in [1.54, 1.807) is 19.2 Å². The fraction of sp³-hybridized carbons (Fsp3) is 0.611. The maximum atomic E-state index is 11.7. The van der Waals surface area contributed by atoms with Crippen molar-refractivity contribution in [3.8, 4) is 0 Å². The molecular formula is C18H28ClN5O2. The number of amides is 1. The molecule has 8 heteroatoms. The Kier molecular flexibility index (Phi) is 8.47.